The van der Waals surface area contributed by atoms with Crippen molar-refractivity contribution in [1.82, 2.24) is 10.2 Å². The van der Waals surface area contributed by atoms with Crippen LogP contribution in [0.1, 0.15) is 70.7 Å². The summed E-state index contributed by atoms with van der Waals surface area (Å²) in [7, 11) is 1.58. The average Bonchev–Trinajstić information content (AvgIpc) is 2.81. The molecule has 2 N–H and O–H groups in total. The van der Waals surface area contributed by atoms with Crippen LogP contribution in [-0.2, 0) is 14.3 Å². The number of anilines is 1. The number of rotatable bonds is 10. The molecule has 0 aromatic heterocycles. The van der Waals surface area contributed by atoms with Gasteiger partial charge in [0.15, 0.2) is 0 Å². The summed E-state index contributed by atoms with van der Waals surface area (Å²) in [6, 6.07) is 11.1. The van der Waals surface area contributed by atoms with Crippen molar-refractivity contribution in [2.75, 3.05) is 19.0 Å². The van der Waals surface area contributed by atoms with Gasteiger partial charge in [-0.1, -0.05) is 37.6 Å². The molecule has 0 aliphatic heterocycles. The summed E-state index contributed by atoms with van der Waals surface area (Å²) in [6.07, 6.45) is -0.271. The Balaban J connectivity index is 2.48. The lowest BCUT2D eigenvalue weighted by Gasteiger charge is -2.35. The van der Waals surface area contributed by atoms with Crippen molar-refractivity contribution < 1.29 is 23.9 Å². The van der Waals surface area contributed by atoms with E-state index in [-0.39, 0.29) is 24.3 Å². The van der Waals surface area contributed by atoms with E-state index in [4.69, 9.17) is 9.47 Å². The molecule has 38 heavy (non-hydrogen) atoms. The number of carbonyl (C=O) groups excluding carboxylic acids is 3. The van der Waals surface area contributed by atoms with E-state index in [0.717, 1.165) is 16.7 Å². The molecule has 2 rings (SSSR count). The highest BCUT2D eigenvalue weighted by atomic mass is 16.6. The Morgan fingerprint density at radius 3 is 2.13 bits per heavy atom. The molecule has 0 spiro atoms. The van der Waals surface area contributed by atoms with Crippen LogP contribution in [-0.4, -0.2) is 48.1 Å². The van der Waals surface area contributed by atoms with E-state index in [1.165, 1.54) is 4.90 Å². The molecule has 0 saturated carbocycles. The smallest absolute Gasteiger partial charge is 0.408 e. The van der Waals surface area contributed by atoms with Crippen LogP contribution in [0.25, 0.3) is 0 Å². The van der Waals surface area contributed by atoms with Gasteiger partial charge in [-0.25, -0.2) is 4.79 Å². The van der Waals surface area contributed by atoms with Crippen LogP contribution in [0.5, 0.6) is 5.75 Å². The number of aryl methyl sites for hydroxylation is 2. The first-order valence-electron chi connectivity index (χ1n) is 13.1. The minimum Gasteiger partial charge on any atom is -0.497 e. The first kappa shape index (κ1) is 30.7. The maximum Gasteiger partial charge on any atom is 0.408 e. The molecule has 8 heteroatoms. The molecule has 2 atom stereocenters. The van der Waals surface area contributed by atoms with Gasteiger partial charge in [0.2, 0.25) is 5.91 Å². The molecular formula is C30H43N3O5. The van der Waals surface area contributed by atoms with Gasteiger partial charge in [0.05, 0.1) is 7.11 Å². The Kier molecular flexibility index (Phi) is 10.7. The number of amides is 3. The summed E-state index contributed by atoms with van der Waals surface area (Å²) in [5.41, 5.74) is 2.54. The van der Waals surface area contributed by atoms with Crippen molar-refractivity contribution in [2.24, 2.45) is 5.92 Å². The van der Waals surface area contributed by atoms with Crippen LogP contribution in [0.3, 0.4) is 0 Å². The highest BCUT2D eigenvalue weighted by Gasteiger charge is 2.36. The molecule has 0 aliphatic rings. The molecule has 2 unspecified atom stereocenters. The SMILES string of the molecule is CCN(C(=O)C(CC(C)C)NC(=O)OC(C)(C)C)C(C(=O)Nc1ccc(OC)cc1)c1ccc(C)cc1C. The average molecular weight is 526 g/mol. The summed E-state index contributed by atoms with van der Waals surface area (Å²) in [6.45, 7) is 15.3. The van der Waals surface area contributed by atoms with E-state index in [1.807, 2.05) is 52.8 Å². The third-order valence-corrected chi connectivity index (χ3v) is 5.96. The van der Waals surface area contributed by atoms with Gasteiger partial charge < -0.3 is 25.0 Å². The second-order valence-electron chi connectivity index (χ2n) is 10.9. The number of methoxy groups -OCH3 is 1. The van der Waals surface area contributed by atoms with Crippen LogP contribution >= 0.6 is 0 Å². The van der Waals surface area contributed by atoms with Crippen molar-refractivity contribution in [1.29, 1.82) is 0 Å². The third kappa shape index (κ3) is 8.78. The number of hydrogen-bond acceptors (Lipinski definition) is 5. The van der Waals surface area contributed by atoms with Crippen molar-refractivity contribution in [2.45, 2.75) is 79.5 Å². The fourth-order valence-electron chi connectivity index (χ4n) is 4.28. The number of ether oxygens (including phenoxy) is 2. The molecule has 0 radical (unpaired) electrons. The summed E-state index contributed by atoms with van der Waals surface area (Å²) >= 11 is 0. The number of likely N-dealkylation sites (N-methyl/N-ethyl adjacent to an activating group) is 1. The second kappa shape index (κ2) is 13.3. The van der Waals surface area contributed by atoms with Gasteiger partial charge in [-0.2, -0.15) is 0 Å². The number of nitrogens with zero attached hydrogens (tertiary/aromatic N) is 1. The molecule has 0 saturated heterocycles. The van der Waals surface area contributed by atoms with E-state index >= 15 is 0 Å². The molecule has 208 valence electrons. The Morgan fingerprint density at radius 1 is 1.00 bits per heavy atom. The molecule has 2 aromatic rings. The second-order valence-corrected chi connectivity index (χ2v) is 10.9. The minimum atomic E-state index is -0.912. The monoisotopic (exact) mass is 525 g/mol. The summed E-state index contributed by atoms with van der Waals surface area (Å²) in [5, 5.41) is 5.71. The zero-order valence-corrected chi connectivity index (χ0v) is 24.2. The molecule has 0 aliphatic carbocycles. The van der Waals surface area contributed by atoms with Crippen LogP contribution in [0.4, 0.5) is 10.5 Å². The predicted octanol–water partition coefficient (Wildman–Crippen LogP) is 5.78. The third-order valence-electron chi connectivity index (χ3n) is 5.96. The molecule has 8 nitrogen and oxygen atoms in total. The van der Waals surface area contributed by atoms with Gasteiger partial charge in [-0.15, -0.1) is 0 Å². The fourth-order valence-corrected chi connectivity index (χ4v) is 4.28. The summed E-state index contributed by atoms with van der Waals surface area (Å²) < 4.78 is 10.6. The molecule has 0 fully saturated rings. The summed E-state index contributed by atoms with van der Waals surface area (Å²) in [5.74, 6) is 0.0918. The molecule has 0 heterocycles. The van der Waals surface area contributed by atoms with Crippen molar-refractivity contribution in [3.8, 4) is 5.75 Å². The van der Waals surface area contributed by atoms with Gasteiger partial charge in [-0.3, -0.25) is 9.59 Å². The molecule has 3 amide bonds. The highest BCUT2D eigenvalue weighted by molar-refractivity contribution is 5.99. The number of hydrogen-bond donors (Lipinski definition) is 2. The van der Waals surface area contributed by atoms with Crippen molar-refractivity contribution in [3.63, 3.8) is 0 Å². The Labute approximate surface area is 227 Å². The van der Waals surface area contributed by atoms with Crippen LogP contribution in [0, 0.1) is 19.8 Å². The van der Waals surface area contributed by atoms with Crippen LogP contribution in [0.15, 0.2) is 42.5 Å². The van der Waals surface area contributed by atoms with Gasteiger partial charge in [0.1, 0.15) is 23.4 Å². The van der Waals surface area contributed by atoms with E-state index < -0.39 is 23.8 Å². The number of carbonyl (C=O) groups is 3. The lowest BCUT2D eigenvalue weighted by molar-refractivity contribution is -0.140. The van der Waals surface area contributed by atoms with Crippen LogP contribution in [0.2, 0.25) is 0 Å². The summed E-state index contributed by atoms with van der Waals surface area (Å²) in [4.78, 5) is 42.0. The van der Waals surface area contributed by atoms with Crippen molar-refractivity contribution >= 4 is 23.6 Å². The normalized spacial score (nSPS) is 12.9. The number of alkyl carbamates (subject to hydrolysis) is 1. The quantitative estimate of drug-likeness (QED) is 0.410. The lowest BCUT2D eigenvalue weighted by atomic mass is 9.95. The van der Waals surface area contributed by atoms with Gasteiger partial charge in [0, 0.05) is 12.2 Å². The van der Waals surface area contributed by atoms with Gasteiger partial charge in [-0.05, 0) is 89.3 Å². The number of nitrogens with one attached hydrogen (secondary N) is 2. The first-order chi connectivity index (χ1) is 17.7. The Morgan fingerprint density at radius 2 is 1.63 bits per heavy atom. The molecular weight excluding hydrogens is 482 g/mol. The Bertz CT molecular complexity index is 1110. The highest BCUT2D eigenvalue weighted by Crippen LogP contribution is 2.28. The van der Waals surface area contributed by atoms with Gasteiger partial charge in [0.25, 0.3) is 5.91 Å². The van der Waals surface area contributed by atoms with E-state index in [0.29, 0.717) is 17.9 Å². The maximum atomic E-state index is 14.0. The Hall–Kier alpha value is -3.55. The van der Waals surface area contributed by atoms with Gasteiger partial charge >= 0.3 is 6.09 Å². The minimum absolute atomic E-state index is 0.116. The van der Waals surface area contributed by atoms with Crippen LogP contribution < -0.4 is 15.4 Å². The van der Waals surface area contributed by atoms with E-state index in [9.17, 15) is 14.4 Å². The van der Waals surface area contributed by atoms with Crippen molar-refractivity contribution in [3.05, 3.63) is 59.2 Å². The molecule has 0 bridgehead atoms. The predicted molar refractivity (Wildman–Crippen MR) is 150 cm³/mol. The zero-order valence-electron chi connectivity index (χ0n) is 24.2. The zero-order chi connectivity index (χ0) is 28.6. The standard InChI is InChI=1S/C30H43N3O5/c1-10-33(28(35)25(17-19(2)3)32-29(36)38-30(6,7)8)26(24-16-11-20(4)18-21(24)5)27(34)31-22-12-14-23(37-9)15-13-22/h11-16,18-19,25-26H,10,17H2,1-9H3,(H,31,34)(H,32,36). The topological polar surface area (TPSA) is 97.0 Å². The number of benzene rings is 2. The van der Waals surface area contributed by atoms with E-state index in [1.54, 1.807) is 52.1 Å². The fraction of sp³-hybridized carbons (Fsp3) is 0.500. The lowest BCUT2D eigenvalue weighted by Crippen LogP contribution is -2.52. The molecule has 2 aromatic carbocycles. The first-order valence-corrected chi connectivity index (χ1v) is 13.1. The largest absolute Gasteiger partial charge is 0.497 e. The van der Waals surface area contributed by atoms with E-state index in [2.05, 4.69) is 10.6 Å². The maximum absolute atomic E-state index is 14.0.